The lowest BCUT2D eigenvalue weighted by molar-refractivity contribution is -0.0152. The van der Waals surface area contributed by atoms with Crippen molar-refractivity contribution < 1.29 is 4.42 Å². The van der Waals surface area contributed by atoms with E-state index < -0.39 is 0 Å². The molecule has 0 spiro atoms. The first-order valence-electron chi connectivity index (χ1n) is 10.8. The van der Waals surface area contributed by atoms with E-state index in [0.717, 1.165) is 65.2 Å². The average Bonchev–Trinajstić information content (AvgIpc) is 2.69. The van der Waals surface area contributed by atoms with Crippen LogP contribution in [0.3, 0.4) is 0 Å². The quantitative estimate of drug-likeness (QED) is 0.714. The molecule has 27 heavy (non-hydrogen) atoms. The van der Waals surface area contributed by atoms with E-state index in [9.17, 15) is 4.79 Å². The zero-order chi connectivity index (χ0) is 18.1. The van der Waals surface area contributed by atoms with Gasteiger partial charge in [0.05, 0.1) is 10.9 Å². The predicted molar refractivity (Wildman–Crippen MR) is 107 cm³/mol. The number of fused-ring (bicyclic) bond motifs is 5. The summed E-state index contributed by atoms with van der Waals surface area (Å²) in [5.41, 5.74) is 2.99. The first-order valence-corrected chi connectivity index (χ1v) is 10.8. The van der Waals surface area contributed by atoms with Crippen LogP contribution in [0.25, 0.3) is 11.0 Å². The van der Waals surface area contributed by atoms with Gasteiger partial charge < -0.3 is 9.32 Å². The molecule has 6 rings (SSSR count). The maximum Gasteiger partial charge on any atom is 0.203 e. The van der Waals surface area contributed by atoms with Crippen LogP contribution in [-0.4, -0.2) is 36.6 Å². The van der Waals surface area contributed by atoms with Gasteiger partial charge >= 0.3 is 0 Å². The zero-order valence-corrected chi connectivity index (χ0v) is 16.1. The number of hydrogen-bond acceptors (Lipinski definition) is 4. The van der Waals surface area contributed by atoms with Crippen LogP contribution in [0.5, 0.6) is 0 Å². The van der Waals surface area contributed by atoms with Crippen LogP contribution in [-0.2, 0) is 6.42 Å². The zero-order valence-electron chi connectivity index (χ0n) is 16.1. The van der Waals surface area contributed by atoms with Crippen molar-refractivity contribution in [3.63, 3.8) is 0 Å². The van der Waals surface area contributed by atoms with E-state index in [1.807, 2.05) is 25.1 Å². The number of piperidine rings is 3. The third-order valence-electron chi connectivity index (χ3n) is 7.74. The van der Waals surface area contributed by atoms with Gasteiger partial charge in [0.15, 0.2) is 5.43 Å². The largest absolute Gasteiger partial charge is 0.440 e. The average molecular weight is 364 g/mol. The van der Waals surface area contributed by atoms with Crippen molar-refractivity contribution in [2.45, 2.75) is 57.5 Å². The third kappa shape index (κ3) is 2.29. The summed E-state index contributed by atoms with van der Waals surface area (Å²) < 4.78 is 6.42. The second-order valence-corrected chi connectivity index (χ2v) is 9.21. The molecule has 1 aromatic carbocycles. The van der Waals surface area contributed by atoms with Crippen LogP contribution in [0.15, 0.2) is 27.4 Å². The molecule has 0 aliphatic carbocycles. The molecule has 4 aliphatic heterocycles. The Hall–Kier alpha value is -1.81. The molecule has 5 heterocycles. The monoisotopic (exact) mass is 364 g/mol. The summed E-state index contributed by atoms with van der Waals surface area (Å²) in [4.78, 5) is 18.5. The lowest BCUT2D eigenvalue weighted by atomic mass is 9.68. The first kappa shape index (κ1) is 16.2. The summed E-state index contributed by atoms with van der Waals surface area (Å²) >= 11 is 0. The van der Waals surface area contributed by atoms with Gasteiger partial charge in [-0.05, 0) is 82.5 Å². The van der Waals surface area contributed by atoms with Crippen LogP contribution in [0.1, 0.15) is 43.2 Å². The maximum absolute atomic E-state index is 13.2. The maximum atomic E-state index is 13.2. The van der Waals surface area contributed by atoms with Crippen LogP contribution in [0, 0.1) is 18.8 Å². The van der Waals surface area contributed by atoms with Crippen LogP contribution in [0.2, 0.25) is 0 Å². The van der Waals surface area contributed by atoms with Gasteiger partial charge in [0.1, 0.15) is 5.58 Å². The minimum Gasteiger partial charge on any atom is -0.440 e. The van der Waals surface area contributed by atoms with Gasteiger partial charge in [-0.1, -0.05) is 11.6 Å². The number of hydrogen-bond donors (Lipinski definition) is 0. The van der Waals surface area contributed by atoms with Crippen molar-refractivity contribution in [3.05, 3.63) is 39.5 Å². The summed E-state index contributed by atoms with van der Waals surface area (Å²) in [6.45, 7) is 5.69. The Morgan fingerprint density at radius 2 is 1.96 bits per heavy atom. The fourth-order valence-corrected chi connectivity index (χ4v) is 6.68. The molecule has 4 aliphatic rings. The first-order chi connectivity index (χ1) is 13.2. The van der Waals surface area contributed by atoms with Gasteiger partial charge in [0, 0.05) is 18.6 Å². The molecule has 4 nitrogen and oxygen atoms in total. The fourth-order valence-electron chi connectivity index (χ4n) is 6.68. The normalized spacial score (nSPS) is 32.7. The number of aryl methyl sites for hydroxylation is 1. The lowest BCUT2D eigenvalue weighted by Crippen LogP contribution is -2.65. The van der Waals surface area contributed by atoms with Crippen molar-refractivity contribution >= 4 is 16.9 Å². The number of nitrogens with zero attached hydrogens (tertiary/aromatic N) is 2. The van der Waals surface area contributed by atoms with E-state index in [4.69, 9.17) is 4.42 Å². The Balaban J connectivity index is 1.48. The van der Waals surface area contributed by atoms with Crippen molar-refractivity contribution in [1.29, 1.82) is 0 Å². The molecule has 0 radical (unpaired) electrons. The minimum absolute atomic E-state index is 0.199. The second-order valence-electron chi connectivity index (χ2n) is 9.21. The van der Waals surface area contributed by atoms with Crippen LogP contribution in [0.4, 0.5) is 5.88 Å². The van der Waals surface area contributed by atoms with E-state index in [2.05, 4.69) is 9.80 Å². The molecule has 142 valence electrons. The molecule has 4 heteroatoms. The van der Waals surface area contributed by atoms with Gasteiger partial charge in [-0.25, -0.2) is 0 Å². The van der Waals surface area contributed by atoms with Crippen molar-refractivity contribution in [3.8, 4) is 0 Å². The summed E-state index contributed by atoms with van der Waals surface area (Å²) in [6.07, 6.45) is 7.29. The highest BCUT2D eigenvalue weighted by Gasteiger charge is 2.50. The summed E-state index contributed by atoms with van der Waals surface area (Å²) in [7, 11) is 0. The SMILES string of the molecule is Cc1ccc2oc3c(c(=O)c2c1)CC[C@@H]1[C@H]2CCCN4CCC[C@@H](CN31)[C@@H]24. The van der Waals surface area contributed by atoms with E-state index in [1.165, 1.54) is 38.8 Å². The molecular weight excluding hydrogens is 336 g/mol. The van der Waals surface area contributed by atoms with E-state index >= 15 is 0 Å². The topological polar surface area (TPSA) is 36.7 Å². The van der Waals surface area contributed by atoms with E-state index in [-0.39, 0.29) is 5.43 Å². The molecule has 0 saturated carbocycles. The van der Waals surface area contributed by atoms with Crippen molar-refractivity contribution in [2.75, 3.05) is 24.5 Å². The number of rotatable bonds is 0. The summed E-state index contributed by atoms with van der Waals surface area (Å²) in [6, 6.07) is 7.33. The highest BCUT2D eigenvalue weighted by Crippen LogP contribution is 2.47. The van der Waals surface area contributed by atoms with Gasteiger partial charge in [-0.2, -0.15) is 0 Å². The Bertz CT molecular complexity index is 963. The molecule has 3 saturated heterocycles. The highest BCUT2D eigenvalue weighted by molar-refractivity contribution is 5.80. The number of benzene rings is 1. The van der Waals surface area contributed by atoms with Gasteiger partial charge in [0.25, 0.3) is 0 Å². The van der Waals surface area contributed by atoms with Gasteiger partial charge in [0.2, 0.25) is 5.88 Å². The summed E-state index contributed by atoms with van der Waals surface area (Å²) in [5.74, 6) is 2.36. The van der Waals surface area contributed by atoms with Crippen molar-refractivity contribution in [1.82, 2.24) is 4.90 Å². The highest BCUT2D eigenvalue weighted by atomic mass is 16.4. The molecule has 1 aromatic heterocycles. The Morgan fingerprint density at radius 3 is 2.85 bits per heavy atom. The third-order valence-corrected chi connectivity index (χ3v) is 7.74. The Kier molecular flexibility index (Phi) is 3.50. The molecular formula is C23H28N2O2. The minimum atomic E-state index is 0.199. The molecule has 0 amide bonds. The van der Waals surface area contributed by atoms with E-state index in [1.54, 1.807) is 0 Å². The smallest absolute Gasteiger partial charge is 0.203 e. The molecule has 0 bridgehead atoms. The summed E-state index contributed by atoms with van der Waals surface area (Å²) in [5, 5.41) is 0.753. The Morgan fingerprint density at radius 1 is 1.11 bits per heavy atom. The lowest BCUT2D eigenvalue weighted by Gasteiger charge is -2.58. The molecule has 2 aromatic rings. The molecule has 3 fully saturated rings. The van der Waals surface area contributed by atoms with Crippen LogP contribution >= 0.6 is 0 Å². The van der Waals surface area contributed by atoms with Gasteiger partial charge in [-0.15, -0.1) is 0 Å². The van der Waals surface area contributed by atoms with Gasteiger partial charge in [-0.3, -0.25) is 9.69 Å². The Labute approximate surface area is 160 Å². The molecule has 0 unspecified atom stereocenters. The fraction of sp³-hybridized carbons (Fsp3) is 0.609. The van der Waals surface area contributed by atoms with Crippen LogP contribution < -0.4 is 10.3 Å². The van der Waals surface area contributed by atoms with Crippen molar-refractivity contribution in [2.24, 2.45) is 11.8 Å². The molecule has 4 atom stereocenters. The second kappa shape index (κ2) is 5.84. The molecule has 0 N–H and O–H groups in total. The predicted octanol–water partition coefficient (Wildman–Crippen LogP) is 3.73. The number of anilines is 1. The van der Waals surface area contributed by atoms with E-state index in [0.29, 0.717) is 6.04 Å². The standard InChI is InChI=1S/C23H28N2O2/c1-14-6-9-20-18(12-14)22(26)17-7-8-19-16-5-3-11-24-10-2-4-15(21(16)24)13-25(19)23(17)27-20/h6,9,12,15-16,19,21H,2-5,7-8,10-11,13H2,1H3/t15-,16+,19+,21-/m0/s1.